The third kappa shape index (κ3) is 4.56. The maximum absolute atomic E-state index is 13.7. The van der Waals surface area contributed by atoms with Crippen LogP contribution in [0, 0.1) is 17.5 Å². The maximum atomic E-state index is 13.7. The lowest BCUT2D eigenvalue weighted by molar-refractivity contribution is -0.135. The molecule has 2 heterocycles. The lowest BCUT2D eigenvalue weighted by Gasteiger charge is -2.25. The summed E-state index contributed by atoms with van der Waals surface area (Å²) in [6.45, 7) is 0.810. The maximum Gasteiger partial charge on any atom is 0.325 e. The Labute approximate surface area is 196 Å². The molecule has 0 aromatic heterocycles. The van der Waals surface area contributed by atoms with E-state index < -0.39 is 65.5 Å². The van der Waals surface area contributed by atoms with Crippen LogP contribution in [-0.4, -0.2) is 55.0 Å². The van der Waals surface area contributed by atoms with Gasteiger partial charge in [0.1, 0.15) is 25.3 Å². The Kier molecular flexibility index (Phi) is 6.24. The first-order chi connectivity index (χ1) is 16.6. The second kappa shape index (κ2) is 9.16. The van der Waals surface area contributed by atoms with Gasteiger partial charge in [-0.2, -0.15) is 0 Å². The summed E-state index contributed by atoms with van der Waals surface area (Å²) in [7, 11) is 0. The number of hydrogen-bond acceptors (Lipinski definition) is 6. The number of hydrogen-bond donors (Lipinski definition) is 3. The summed E-state index contributed by atoms with van der Waals surface area (Å²) in [5.41, 5.74) is -1.68. The van der Waals surface area contributed by atoms with E-state index in [1.54, 1.807) is 18.2 Å². The lowest BCUT2D eigenvalue weighted by Crippen LogP contribution is -2.44. The molecule has 2 aliphatic heterocycles. The summed E-state index contributed by atoms with van der Waals surface area (Å²) in [4.78, 5) is 50.4. The van der Waals surface area contributed by atoms with Crippen LogP contribution in [0.2, 0.25) is 0 Å². The van der Waals surface area contributed by atoms with Gasteiger partial charge in [0, 0.05) is 0 Å². The molecule has 2 aliphatic rings. The zero-order valence-corrected chi connectivity index (χ0v) is 18.2. The van der Waals surface area contributed by atoms with Crippen LogP contribution in [0.3, 0.4) is 0 Å². The Morgan fingerprint density at radius 3 is 2.49 bits per heavy atom. The number of nitrogens with one attached hydrogen (secondary N) is 3. The average molecular weight is 492 g/mol. The Morgan fingerprint density at radius 2 is 1.74 bits per heavy atom. The number of anilines is 1. The molecule has 1 fully saturated rings. The molecule has 184 valence electrons. The average Bonchev–Trinajstić information content (AvgIpc) is 3.06. The van der Waals surface area contributed by atoms with E-state index in [2.05, 4.69) is 10.6 Å². The molecule has 35 heavy (non-hydrogen) atoms. The van der Waals surface area contributed by atoms with E-state index in [0.717, 1.165) is 6.07 Å². The van der Waals surface area contributed by atoms with E-state index in [1.165, 1.54) is 6.92 Å². The number of rotatable bonds is 6. The number of imide groups is 1. The second-order valence-electron chi connectivity index (χ2n) is 7.85. The van der Waals surface area contributed by atoms with Gasteiger partial charge in [-0.05, 0) is 36.8 Å². The second-order valence-corrected chi connectivity index (χ2v) is 7.85. The van der Waals surface area contributed by atoms with Gasteiger partial charge in [0.25, 0.3) is 5.91 Å². The highest BCUT2D eigenvalue weighted by Crippen LogP contribution is 2.36. The van der Waals surface area contributed by atoms with Crippen molar-refractivity contribution in [3.8, 4) is 11.5 Å². The van der Waals surface area contributed by atoms with E-state index in [9.17, 15) is 32.3 Å². The fourth-order valence-corrected chi connectivity index (χ4v) is 3.59. The molecule has 1 unspecified atom stereocenters. The molecule has 10 nitrogen and oxygen atoms in total. The summed E-state index contributed by atoms with van der Waals surface area (Å²) >= 11 is 0. The molecule has 5 amide bonds. The van der Waals surface area contributed by atoms with Crippen LogP contribution < -0.4 is 25.4 Å². The van der Waals surface area contributed by atoms with Crippen molar-refractivity contribution in [3.05, 3.63) is 53.3 Å². The first-order valence-corrected chi connectivity index (χ1v) is 10.3. The summed E-state index contributed by atoms with van der Waals surface area (Å²) in [5.74, 6) is -6.38. The topological polar surface area (TPSA) is 126 Å². The SMILES string of the molecule is CC1(c2ccc3c(c2)OCCO3)NC(=O)N(CC(=O)NCC(=O)Nc2ccc(F)c(F)c2F)C1=O. The molecule has 2 aromatic carbocycles. The largest absolute Gasteiger partial charge is 0.486 e. The molecule has 1 atom stereocenters. The third-order valence-electron chi connectivity index (χ3n) is 5.45. The van der Waals surface area contributed by atoms with Crippen LogP contribution >= 0.6 is 0 Å². The van der Waals surface area contributed by atoms with Crippen LogP contribution in [-0.2, 0) is 19.9 Å². The van der Waals surface area contributed by atoms with E-state index in [1.807, 2.05) is 5.32 Å². The van der Waals surface area contributed by atoms with Gasteiger partial charge in [0.15, 0.2) is 29.0 Å². The van der Waals surface area contributed by atoms with Gasteiger partial charge < -0.3 is 25.4 Å². The van der Waals surface area contributed by atoms with E-state index in [-0.39, 0.29) is 0 Å². The fourth-order valence-electron chi connectivity index (χ4n) is 3.59. The number of benzene rings is 2. The zero-order chi connectivity index (χ0) is 25.3. The molecule has 0 radical (unpaired) electrons. The number of carbonyl (C=O) groups excluding carboxylic acids is 4. The van der Waals surface area contributed by atoms with Crippen molar-refractivity contribution < 1.29 is 41.8 Å². The first-order valence-electron chi connectivity index (χ1n) is 10.3. The monoisotopic (exact) mass is 492 g/mol. The summed E-state index contributed by atoms with van der Waals surface area (Å²) in [6, 6.07) is 5.39. The molecule has 2 aromatic rings. The Morgan fingerprint density at radius 1 is 1.03 bits per heavy atom. The van der Waals surface area contributed by atoms with E-state index in [0.29, 0.717) is 41.2 Å². The standard InChI is InChI=1S/C22H19F3N4O6/c1-22(11-2-5-14-15(8-11)35-7-6-34-14)20(32)29(21(33)28-22)10-17(31)26-9-16(30)27-13-4-3-12(23)18(24)19(13)25/h2-5,8H,6-7,9-10H2,1H3,(H,26,31)(H,27,30)(H,28,33). The Balaban J connectivity index is 1.36. The van der Waals surface area contributed by atoms with Gasteiger partial charge in [0.2, 0.25) is 11.8 Å². The van der Waals surface area contributed by atoms with Crippen LogP contribution in [0.5, 0.6) is 11.5 Å². The summed E-state index contributed by atoms with van der Waals surface area (Å²) < 4.78 is 50.9. The molecule has 0 bridgehead atoms. The highest BCUT2D eigenvalue weighted by molar-refractivity contribution is 6.09. The Hall–Kier alpha value is -4.29. The number of urea groups is 1. The van der Waals surface area contributed by atoms with E-state index in [4.69, 9.17) is 9.47 Å². The van der Waals surface area contributed by atoms with Crippen molar-refractivity contribution >= 4 is 29.4 Å². The number of nitrogens with zero attached hydrogens (tertiary/aromatic N) is 1. The van der Waals surface area contributed by atoms with Gasteiger partial charge in [-0.1, -0.05) is 6.07 Å². The molecule has 4 rings (SSSR count). The normalized spacial score (nSPS) is 18.8. The number of amides is 5. The minimum Gasteiger partial charge on any atom is -0.486 e. The number of ether oxygens (including phenoxy) is 2. The smallest absolute Gasteiger partial charge is 0.325 e. The van der Waals surface area contributed by atoms with Crippen molar-refractivity contribution in [3.63, 3.8) is 0 Å². The van der Waals surface area contributed by atoms with Crippen molar-refractivity contribution in [2.24, 2.45) is 0 Å². The quantitative estimate of drug-likeness (QED) is 0.414. The predicted octanol–water partition coefficient (Wildman–Crippen LogP) is 1.40. The van der Waals surface area contributed by atoms with Crippen LogP contribution in [0.1, 0.15) is 12.5 Å². The van der Waals surface area contributed by atoms with Crippen molar-refractivity contribution in [1.29, 1.82) is 0 Å². The van der Waals surface area contributed by atoms with Crippen molar-refractivity contribution in [2.45, 2.75) is 12.5 Å². The summed E-state index contributed by atoms with van der Waals surface area (Å²) in [5, 5.41) is 6.71. The molecule has 13 heteroatoms. The lowest BCUT2D eigenvalue weighted by atomic mass is 9.91. The molecule has 0 spiro atoms. The highest BCUT2D eigenvalue weighted by Gasteiger charge is 2.49. The van der Waals surface area contributed by atoms with Crippen LogP contribution in [0.4, 0.5) is 23.7 Å². The predicted molar refractivity (Wildman–Crippen MR) is 113 cm³/mol. The number of carbonyl (C=O) groups is 4. The van der Waals surface area contributed by atoms with Gasteiger partial charge in [-0.15, -0.1) is 0 Å². The van der Waals surface area contributed by atoms with E-state index >= 15 is 0 Å². The molecule has 1 saturated heterocycles. The van der Waals surface area contributed by atoms with Crippen LogP contribution in [0.25, 0.3) is 0 Å². The Bertz CT molecular complexity index is 1240. The minimum atomic E-state index is -1.76. The highest BCUT2D eigenvalue weighted by atomic mass is 19.2. The summed E-state index contributed by atoms with van der Waals surface area (Å²) in [6.07, 6.45) is 0. The fraction of sp³-hybridized carbons (Fsp3) is 0.273. The molecule has 3 N–H and O–H groups in total. The molecule has 0 saturated carbocycles. The van der Waals surface area contributed by atoms with Gasteiger partial charge in [0.05, 0.1) is 12.2 Å². The van der Waals surface area contributed by atoms with Crippen molar-refractivity contribution in [1.82, 2.24) is 15.5 Å². The number of fused-ring (bicyclic) bond motifs is 1. The molecular formula is C22H19F3N4O6. The zero-order valence-electron chi connectivity index (χ0n) is 18.2. The van der Waals surface area contributed by atoms with Crippen molar-refractivity contribution in [2.75, 3.05) is 31.6 Å². The van der Waals surface area contributed by atoms with Gasteiger partial charge in [-0.3, -0.25) is 19.3 Å². The number of halogens is 3. The molecule has 0 aliphatic carbocycles. The molecular weight excluding hydrogens is 473 g/mol. The van der Waals surface area contributed by atoms with Gasteiger partial charge in [-0.25, -0.2) is 18.0 Å². The minimum absolute atomic E-state index is 0.329. The van der Waals surface area contributed by atoms with Gasteiger partial charge >= 0.3 is 6.03 Å². The van der Waals surface area contributed by atoms with Crippen LogP contribution in [0.15, 0.2) is 30.3 Å². The first kappa shape index (κ1) is 23.9. The third-order valence-corrected chi connectivity index (χ3v) is 5.45.